The zero-order valence-corrected chi connectivity index (χ0v) is 12.2. The monoisotopic (exact) mass is 303 g/mol. The molecule has 1 unspecified atom stereocenters. The van der Waals surface area contributed by atoms with Crippen LogP contribution in [0.1, 0.15) is 32.3 Å². The summed E-state index contributed by atoms with van der Waals surface area (Å²) in [5, 5.41) is 0.825. The molecule has 0 radical (unpaired) electrons. The van der Waals surface area contributed by atoms with Crippen LogP contribution < -0.4 is 5.73 Å². The Kier molecular flexibility index (Phi) is 5.81. The van der Waals surface area contributed by atoms with Crippen molar-refractivity contribution in [3.8, 4) is 0 Å². The van der Waals surface area contributed by atoms with Crippen molar-refractivity contribution in [2.45, 2.75) is 39.2 Å². The summed E-state index contributed by atoms with van der Waals surface area (Å²) in [6.45, 7) is 4.40. The lowest BCUT2D eigenvalue weighted by Gasteiger charge is -2.14. The predicted molar refractivity (Wildman–Crippen MR) is 74.9 cm³/mol. The van der Waals surface area contributed by atoms with Crippen molar-refractivity contribution in [1.29, 1.82) is 0 Å². The molecule has 1 rings (SSSR count). The lowest BCUT2D eigenvalue weighted by atomic mass is 9.98. The lowest BCUT2D eigenvalue weighted by molar-refractivity contribution is 0.473. The SMILES string of the molecule is CC(C)CC(N)CCc1ccc(Br)cc1Cl. The van der Waals surface area contributed by atoms with Crippen LogP contribution in [0.4, 0.5) is 0 Å². The van der Waals surface area contributed by atoms with Gasteiger partial charge in [0.05, 0.1) is 0 Å². The summed E-state index contributed by atoms with van der Waals surface area (Å²) in [7, 11) is 0. The molecule has 90 valence electrons. The molecule has 1 atom stereocenters. The molecule has 0 spiro atoms. The fourth-order valence-electron chi connectivity index (χ4n) is 1.79. The average Bonchev–Trinajstić information content (AvgIpc) is 2.15. The quantitative estimate of drug-likeness (QED) is 0.857. The minimum absolute atomic E-state index is 0.278. The maximum Gasteiger partial charge on any atom is 0.0449 e. The van der Waals surface area contributed by atoms with E-state index in [4.69, 9.17) is 17.3 Å². The Morgan fingerprint density at radius 2 is 2.06 bits per heavy atom. The van der Waals surface area contributed by atoms with E-state index in [1.807, 2.05) is 12.1 Å². The number of hydrogen-bond acceptors (Lipinski definition) is 1. The molecule has 16 heavy (non-hydrogen) atoms. The summed E-state index contributed by atoms with van der Waals surface area (Å²) in [5.74, 6) is 0.662. The van der Waals surface area contributed by atoms with Gasteiger partial charge in [-0.25, -0.2) is 0 Å². The lowest BCUT2D eigenvalue weighted by Crippen LogP contribution is -2.22. The molecule has 1 aromatic carbocycles. The third-order valence-corrected chi connectivity index (χ3v) is 3.42. The van der Waals surface area contributed by atoms with Gasteiger partial charge in [-0.1, -0.05) is 47.4 Å². The summed E-state index contributed by atoms with van der Waals surface area (Å²) >= 11 is 9.55. The van der Waals surface area contributed by atoms with Crippen molar-refractivity contribution in [1.82, 2.24) is 0 Å². The topological polar surface area (TPSA) is 26.0 Å². The molecule has 0 saturated carbocycles. The van der Waals surface area contributed by atoms with Gasteiger partial charge < -0.3 is 5.73 Å². The Morgan fingerprint density at radius 3 is 2.62 bits per heavy atom. The van der Waals surface area contributed by atoms with Crippen molar-refractivity contribution in [2.75, 3.05) is 0 Å². The zero-order chi connectivity index (χ0) is 12.1. The van der Waals surface area contributed by atoms with E-state index >= 15 is 0 Å². The molecule has 0 saturated heterocycles. The molecular formula is C13H19BrClN. The molecule has 3 heteroatoms. The van der Waals surface area contributed by atoms with Crippen molar-refractivity contribution >= 4 is 27.5 Å². The van der Waals surface area contributed by atoms with Crippen LogP contribution in [0, 0.1) is 5.92 Å². The molecule has 0 heterocycles. The summed E-state index contributed by atoms with van der Waals surface area (Å²) in [6.07, 6.45) is 3.04. The van der Waals surface area contributed by atoms with Crippen LogP contribution in [0.3, 0.4) is 0 Å². The van der Waals surface area contributed by atoms with E-state index in [2.05, 4.69) is 35.8 Å². The number of nitrogens with two attached hydrogens (primary N) is 1. The highest BCUT2D eigenvalue weighted by Gasteiger charge is 2.07. The Hall–Kier alpha value is -0.0500. The first-order valence-corrected chi connectivity index (χ1v) is 6.85. The smallest absolute Gasteiger partial charge is 0.0449 e. The van der Waals surface area contributed by atoms with Crippen LogP contribution in [-0.4, -0.2) is 6.04 Å². The van der Waals surface area contributed by atoms with Gasteiger partial charge in [-0.3, -0.25) is 0 Å². The van der Waals surface area contributed by atoms with E-state index < -0.39 is 0 Å². The summed E-state index contributed by atoms with van der Waals surface area (Å²) < 4.78 is 1.02. The average molecular weight is 305 g/mol. The van der Waals surface area contributed by atoms with E-state index in [1.165, 1.54) is 5.56 Å². The van der Waals surface area contributed by atoms with Gasteiger partial charge in [0.15, 0.2) is 0 Å². The Balaban J connectivity index is 2.48. The molecule has 0 bridgehead atoms. The highest BCUT2D eigenvalue weighted by Crippen LogP contribution is 2.23. The molecule has 2 N–H and O–H groups in total. The standard InChI is InChI=1S/C13H19BrClN/c1-9(2)7-12(16)6-4-10-3-5-11(14)8-13(10)15/h3,5,8-9,12H,4,6-7,16H2,1-2H3. The van der Waals surface area contributed by atoms with Gasteiger partial charge in [-0.15, -0.1) is 0 Å². The van der Waals surface area contributed by atoms with Crippen molar-refractivity contribution in [2.24, 2.45) is 11.7 Å². The van der Waals surface area contributed by atoms with Crippen LogP contribution in [0.25, 0.3) is 0 Å². The number of aryl methyl sites for hydroxylation is 1. The number of hydrogen-bond donors (Lipinski definition) is 1. The zero-order valence-electron chi connectivity index (χ0n) is 9.84. The van der Waals surface area contributed by atoms with Crippen LogP contribution in [0.15, 0.2) is 22.7 Å². The third kappa shape index (κ3) is 4.86. The maximum absolute atomic E-state index is 6.15. The van der Waals surface area contributed by atoms with Crippen LogP contribution in [-0.2, 0) is 6.42 Å². The van der Waals surface area contributed by atoms with E-state index in [9.17, 15) is 0 Å². The first-order valence-electron chi connectivity index (χ1n) is 5.68. The largest absolute Gasteiger partial charge is 0.328 e. The Labute approximate surface area is 111 Å². The van der Waals surface area contributed by atoms with Gasteiger partial charge in [-0.05, 0) is 42.9 Å². The molecule has 1 aromatic rings. The van der Waals surface area contributed by atoms with Crippen molar-refractivity contribution in [3.05, 3.63) is 33.3 Å². The Bertz CT molecular complexity index is 339. The number of halogens is 2. The fourth-order valence-corrected chi connectivity index (χ4v) is 2.56. The van der Waals surface area contributed by atoms with E-state index in [1.54, 1.807) is 0 Å². The van der Waals surface area contributed by atoms with Crippen molar-refractivity contribution < 1.29 is 0 Å². The first-order chi connectivity index (χ1) is 7.49. The van der Waals surface area contributed by atoms with Crippen LogP contribution in [0.2, 0.25) is 5.02 Å². The highest BCUT2D eigenvalue weighted by atomic mass is 79.9. The normalized spacial score (nSPS) is 13.1. The molecular weight excluding hydrogens is 286 g/mol. The van der Waals surface area contributed by atoms with E-state index in [-0.39, 0.29) is 6.04 Å². The molecule has 0 aliphatic heterocycles. The van der Waals surface area contributed by atoms with E-state index in [0.717, 1.165) is 28.8 Å². The number of benzene rings is 1. The molecule has 0 aromatic heterocycles. The molecule has 1 nitrogen and oxygen atoms in total. The molecule has 0 fully saturated rings. The fraction of sp³-hybridized carbons (Fsp3) is 0.538. The Morgan fingerprint density at radius 1 is 1.38 bits per heavy atom. The summed E-state index contributed by atoms with van der Waals surface area (Å²) in [6, 6.07) is 6.30. The maximum atomic E-state index is 6.15. The van der Waals surface area contributed by atoms with Gasteiger partial charge in [0.25, 0.3) is 0 Å². The van der Waals surface area contributed by atoms with Crippen molar-refractivity contribution in [3.63, 3.8) is 0 Å². The second kappa shape index (κ2) is 6.63. The van der Waals surface area contributed by atoms with Gasteiger partial charge in [-0.2, -0.15) is 0 Å². The molecule has 0 aliphatic rings. The summed E-state index contributed by atoms with van der Waals surface area (Å²) in [5.41, 5.74) is 7.23. The minimum atomic E-state index is 0.278. The second-order valence-electron chi connectivity index (χ2n) is 4.66. The first kappa shape index (κ1) is 14.0. The predicted octanol–water partition coefficient (Wildman–Crippen LogP) is 4.41. The van der Waals surface area contributed by atoms with Crippen LogP contribution >= 0.6 is 27.5 Å². The van der Waals surface area contributed by atoms with Crippen LogP contribution in [0.5, 0.6) is 0 Å². The minimum Gasteiger partial charge on any atom is -0.328 e. The molecule has 0 aliphatic carbocycles. The van der Waals surface area contributed by atoms with E-state index in [0.29, 0.717) is 5.92 Å². The van der Waals surface area contributed by atoms with Gasteiger partial charge in [0, 0.05) is 15.5 Å². The summed E-state index contributed by atoms with van der Waals surface area (Å²) in [4.78, 5) is 0. The molecule has 0 amide bonds. The van der Waals surface area contributed by atoms with Gasteiger partial charge in [0.1, 0.15) is 0 Å². The second-order valence-corrected chi connectivity index (χ2v) is 5.99. The van der Waals surface area contributed by atoms with Gasteiger partial charge >= 0.3 is 0 Å². The third-order valence-electron chi connectivity index (χ3n) is 2.57. The number of rotatable bonds is 5. The highest BCUT2D eigenvalue weighted by molar-refractivity contribution is 9.10. The van der Waals surface area contributed by atoms with Gasteiger partial charge in [0.2, 0.25) is 0 Å².